The minimum atomic E-state index is -0.243. The highest BCUT2D eigenvalue weighted by Crippen LogP contribution is 2.30. The highest BCUT2D eigenvalue weighted by atomic mass is 79.9. The summed E-state index contributed by atoms with van der Waals surface area (Å²) in [6, 6.07) is 5.35. The molecule has 3 nitrogen and oxygen atoms in total. The van der Waals surface area contributed by atoms with Crippen LogP contribution in [0.3, 0.4) is 0 Å². The Bertz CT molecular complexity index is 308. The van der Waals surface area contributed by atoms with Crippen molar-refractivity contribution in [3.05, 3.63) is 27.1 Å². The summed E-state index contributed by atoms with van der Waals surface area (Å²) in [5, 5.41) is 5.16. The number of rotatable bonds is 1. The summed E-state index contributed by atoms with van der Waals surface area (Å²) in [5.41, 5.74) is 0.724. The van der Waals surface area contributed by atoms with Crippen molar-refractivity contribution < 1.29 is 4.79 Å². The Hall–Kier alpha value is -0.550. The topological polar surface area (TPSA) is 41.1 Å². The van der Waals surface area contributed by atoms with Crippen molar-refractivity contribution in [3.8, 4) is 0 Å². The molecule has 0 heterocycles. The predicted molar refractivity (Wildman–Crippen MR) is 59.9 cm³/mol. The molecule has 2 N–H and O–H groups in total. The summed E-state index contributed by atoms with van der Waals surface area (Å²) in [6.45, 7) is 0. The van der Waals surface area contributed by atoms with Crippen molar-refractivity contribution in [1.29, 1.82) is 0 Å². The molecule has 1 aromatic rings. The maximum absolute atomic E-state index is 11.0. The van der Waals surface area contributed by atoms with E-state index >= 15 is 0 Å². The molecule has 0 aliphatic heterocycles. The van der Waals surface area contributed by atoms with Gasteiger partial charge in [-0.2, -0.15) is 0 Å². The molecule has 1 rings (SSSR count). The number of urea groups is 1. The molecule has 70 valence electrons. The van der Waals surface area contributed by atoms with Crippen molar-refractivity contribution in [3.63, 3.8) is 0 Å². The Morgan fingerprint density at radius 2 is 1.85 bits per heavy atom. The van der Waals surface area contributed by atoms with Gasteiger partial charge in [0.05, 0.1) is 5.69 Å². The number of para-hydroxylation sites is 1. The smallest absolute Gasteiger partial charge is 0.319 e. The predicted octanol–water partition coefficient (Wildman–Crippen LogP) is 2.96. The van der Waals surface area contributed by atoms with E-state index in [-0.39, 0.29) is 6.03 Å². The van der Waals surface area contributed by atoms with E-state index < -0.39 is 0 Å². The van der Waals surface area contributed by atoms with Crippen molar-refractivity contribution in [2.24, 2.45) is 0 Å². The van der Waals surface area contributed by atoms with Gasteiger partial charge in [0.25, 0.3) is 0 Å². The zero-order valence-electron chi connectivity index (χ0n) is 6.90. The average Bonchev–Trinajstić information content (AvgIpc) is 2.11. The maximum Gasteiger partial charge on any atom is 0.319 e. The summed E-state index contributed by atoms with van der Waals surface area (Å²) in [5.74, 6) is 0. The van der Waals surface area contributed by atoms with Gasteiger partial charge in [0.2, 0.25) is 0 Å². The molecule has 0 radical (unpaired) electrons. The first-order valence-electron chi connectivity index (χ1n) is 3.58. The van der Waals surface area contributed by atoms with Crippen molar-refractivity contribution in [2.45, 2.75) is 0 Å². The van der Waals surface area contributed by atoms with Gasteiger partial charge >= 0.3 is 6.03 Å². The third-order valence-corrected chi connectivity index (χ3v) is 2.75. The van der Waals surface area contributed by atoms with Crippen LogP contribution in [-0.2, 0) is 0 Å². The number of hydrogen-bond donors (Lipinski definition) is 2. The molecule has 0 fully saturated rings. The second-order valence-electron chi connectivity index (χ2n) is 2.30. The van der Waals surface area contributed by atoms with Gasteiger partial charge in [-0.25, -0.2) is 4.79 Å². The molecule has 1 aromatic carbocycles. The molecule has 0 saturated heterocycles. The third kappa shape index (κ3) is 2.70. The van der Waals surface area contributed by atoms with Gasteiger partial charge < -0.3 is 10.6 Å². The minimum Gasteiger partial charge on any atom is -0.341 e. The van der Waals surface area contributed by atoms with E-state index in [1.165, 1.54) is 0 Å². The monoisotopic (exact) mass is 306 g/mol. The summed E-state index contributed by atoms with van der Waals surface area (Å²) in [4.78, 5) is 11.0. The van der Waals surface area contributed by atoms with Crippen molar-refractivity contribution >= 4 is 43.6 Å². The van der Waals surface area contributed by atoms with Crippen molar-refractivity contribution in [2.75, 3.05) is 12.4 Å². The maximum atomic E-state index is 11.0. The number of hydrogen-bond acceptors (Lipinski definition) is 1. The molecule has 0 aliphatic rings. The third-order valence-electron chi connectivity index (χ3n) is 1.43. The Kier molecular flexibility index (Phi) is 3.74. The van der Waals surface area contributed by atoms with Crippen LogP contribution >= 0.6 is 31.9 Å². The zero-order chi connectivity index (χ0) is 9.84. The molecule has 0 bridgehead atoms. The summed E-state index contributed by atoms with van der Waals surface area (Å²) < 4.78 is 1.68. The van der Waals surface area contributed by atoms with Gasteiger partial charge in [-0.1, -0.05) is 6.07 Å². The van der Waals surface area contributed by atoms with Crippen LogP contribution in [0, 0.1) is 0 Å². The molecule has 0 unspecified atom stereocenters. The van der Waals surface area contributed by atoms with Gasteiger partial charge in [-0.05, 0) is 44.0 Å². The first-order chi connectivity index (χ1) is 6.15. The molecular weight excluding hydrogens is 300 g/mol. The lowest BCUT2D eigenvalue weighted by molar-refractivity contribution is 0.254. The second kappa shape index (κ2) is 4.62. The Labute approximate surface area is 93.2 Å². The van der Waals surface area contributed by atoms with E-state index in [1.54, 1.807) is 7.05 Å². The molecule has 0 aliphatic carbocycles. The number of amides is 2. The Balaban J connectivity index is 2.93. The molecule has 5 heteroatoms. The van der Waals surface area contributed by atoms with E-state index in [0.717, 1.165) is 14.6 Å². The average molecular weight is 308 g/mol. The van der Waals surface area contributed by atoms with Crippen LogP contribution in [0.1, 0.15) is 0 Å². The van der Waals surface area contributed by atoms with Crippen LogP contribution in [0.5, 0.6) is 0 Å². The largest absolute Gasteiger partial charge is 0.341 e. The van der Waals surface area contributed by atoms with Gasteiger partial charge in [-0.3, -0.25) is 0 Å². The van der Waals surface area contributed by atoms with Crippen LogP contribution in [0.15, 0.2) is 27.1 Å². The lowest BCUT2D eigenvalue weighted by Crippen LogP contribution is -2.24. The number of nitrogens with one attached hydrogen (secondary N) is 2. The van der Waals surface area contributed by atoms with Crippen LogP contribution in [-0.4, -0.2) is 13.1 Å². The summed E-state index contributed by atoms with van der Waals surface area (Å²) >= 11 is 6.66. The fourth-order valence-corrected chi connectivity index (χ4v) is 1.99. The molecule has 13 heavy (non-hydrogen) atoms. The van der Waals surface area contributed by atoms with E-state index in [1.807, 2.05) is 18.2 Å². The van der Waals surface area contributed by atoms with E-state index in [2.05, 4.69) is 42.5 Å². The lowest BCUT2D eigenvalue weighted by atomic mass is 10.3. The minimum absolute atomic E-state index is 0.243. The molecule has 0 aromatic heterocycles. The van der Waals surface area contributed by atoms with Gasteiger partial charge in [0.15, 0.2) is 0 Å². The highest BCUT2D eigenvalue weighted by molar-refractivity contribution is 9.11. The highest BCUT2D eigenvalue weighted by Gasteiger charge is 2.06. The van der Waals surface area contributed by atoms with Gasteiger partial charge in [0, 0.05) is 16.0 Å². The van der Waals surface area contributed by atoms with E-state index in [4.69, 9.17) is 0 Å². The fourth-order valence-electron chi connectivity index (χ4n) is 0.793. The van der Waals surface area contributed by atoms with E-state index in [9.17, 15) is 4.79 Å². The SMILES string of the molecule is CNC(=O)Nc1c(Br)cccc1Br. The van der Waals surface area contributed by atoms with Crippen LogP contribution in [0.4, 0.5) is 10.5 Å². The lowest BCUT2D eigenvalue weighted by Gasteiger charge is -2.08. The number of halogens is 2. The quantitative estimate of drug-likeness (QED) is 0.823. The standard InChI is InChI=1S/C8H8Br2N2O/c1-11-8(13)12-7-5(9)3-2-4-6(7)10/h2-4H,1H3,(H2,11,12,13). The van der Waals surface area contributed by atoms with E-state index in [0.29, 0.717) is 0 Å². The van der Waals surface area contributed by atoms with Gasteiger partial charge in [-0.15, -0.1) is 0 Å². The van der Waals surface area contributed by atoms with Crippen LogP contribution < -0.4 is 10.6 Å². The molecule has 0 atom stereocenters. The second-order valence-corrected chi connectivity index (χ2v) is 4.01. The number of anilines is 1. The number of carbonyl (C=O) groups excluding carboxylic acids is 1. The summed E-state index contributed by atoms with van der Waals surface area (Å²) in [7, 11) is 1.57. The Morgan fingerprint density at radius 1 is 1.31 bits per heavy atom. The molecule has 0 spiro atoms. The normalized spacial score (nSPS) is 9.46. The fraction of sp³-hybridized carbons (Fsp3) is 0.125. The Morgan fingerprint density at radius 3 is 2.31 bits per heavy atom. The van der Waals surface area contributed by atoms with Crippen LogP contribution in [0.25, 0.3) is 0 Å². The number of carbonyl (C=O) groups is 1. The van der Waals surface area contributed by atoms with Gasteiger partial charge in [0.1, 0.15) is 0 Å². The first kappa shape index (κ1) is 10.5. The zero-order valence-corrected chi connectivity index (χ0v) is 10.1. The first-order valence-corrected chi connectivity index (χ1v) is 5.16. The van der Waals surface area contributed by atoms with Crippen molar-refractivity contribution in [1.82, 2.24) is 5.32 Å². The summed E-state index contributed by atoms with van der Waals surface area (Å²) in [6.07, 6.45) is 0. The molecule has 0 saturated carbocycles. The number of benzene rings is 1. The molecular formula is C8H8Br2N2O. The molecule has 2 amide bonds. The van der Waals surface area contributed by atoms with Crippen LogP contribution in [0.2, 0.25) is 0 Å².